The number of halogens is 3. The van der Waals surface area contributed by atoms with Gasteiger partial charge in [0.1, 0.15) is 5.75 Å². The number of hydrogen-bond acceptors (Lipinski definition) is 5. The van der Waals surface area contributed by atoms with Gasteiger partial charge < -0.3 is 14.8 Å². The summed E-state index contributed by atoms with van der Waals surface area (Å²) < 4.78 is 35.1. The molecular formula is C26H24F3N3O3. The summed E-state index contributed by atoms with van der Waals surface area (Å²) in [6, 6.07) is 18.6. The minimum atomic E-state index is -3.67. The van der Waals surface area contributed by atoms with Crippen LogP contribution in [0.5, 0.6) is 11.6 Å². The van der Waals surface area contributed by atoms with E-state index in [-0.39, 0.29) is 11.9 Å². The molecule has 0 atom stereocenters. The minimum absolute atomic E-state index is 0.165. The van der Waals surface area contributed by atoms with Crippen molar-refractivity contribution >= 4 is 16.8 Å². The SMILES string of the molecule is FC(F)F.O=C(c1ccc(Oc2ncccc2C2CCC(O)CC2)cc1)c1nc2ccccc2[nH]1. The number of ketones is 1. The molecule has 0 aliphatic heterocycles. The molecule has 1 aliphatic rings. The number of aliphatic hydroxyl groups is 1. The fourth-order valence-corrected chi connectivity index (χ4v) is 4.17. The van der Waals surface area contributed by atoms with E-state index in [0.29, 0.717) is 28.9 Å². The number of ether oxygens (including phenoxy) is 1. The maximum absolute atomic E-state index is 12.8. The van der Waals surface area contributed by atoms with Gasteiger partial charge in [0.05, 0.1) is 17.1 Å². The van der Waals surface area contributed by atoms with Gasteiger partial charge >= 0.3 is 6.68 Å². The first-order valence-electron chi connectivity index (χ1n) is 11.2. The number of para-hydroxylation sites is 2. The lowest BCUT2D eigenvalue weighted by Gasteiger charge is -2.26. The minimum Gasteiger partial charge on any atom is -0.439 e. The predicted molar refractivity (Wildman–Crippen MR) is 125 cm³/mol. The second-order valence-corrected chi connectivity index (χ2v) is 8.21. The van der Waals surface area contributed by atoms with E-state index in [2.05, 4.69) is 15.0 Å². The summed E-state index contributed by atoms with van der Waals surface area (Å²) in [5, 5.41) is 9.79. The first-order chi connectivity index (χ1) is 16.9. The summed E-state index contributed by atoms with van der Waals surface area (Å²) in [6.07, 6.45) is 4.97. The average Bonchev–Trinajstić information content (AvgIpc) is 3.29. The number of imidazole rings is 1. The molecule has 1 saturated carbocycles. The van der Waals surface area contributed by atoms with Gasteiger partial charge in [-0.05, 0) is 74.1 Å². The Morgan fingerprint density at radius 3 is 2.34 bits per heavy atom. The monoisotopic (exact) mass is 483 g/mol. The molecule has 0 bridgehead atoms. The van der Waals surface area contributed by atoms with Crippen LogP contribution in [-0.4, -0.2) is 38.6 Å². The number of aromatic amines is 1. The van der Waals surface area contributed by atoms with Crippen molar-refractivity contribution in [3.63, 3.8) is 0 Å². The molecular weight excluding hydrogens is 459 g/mol. The molecule has 182 valence electrons. The van der Waals surface area contributed by atoms with Gasteiger partial charge in [0.25, 0.3) is 0 Å². The lowest BCUT2D eigenvalue weighted by atomic mass is 9.83. The lowest BCUT2D eigenvalue weighted by molar-refractivity contribution is 0.00818. The van der Waals surface area contributed by atoms with E-state index in [1.165, 1.54) is 0 Å². The molecule has 4 aromatic rings. The van der Waals surface area contributed by atoms with Crippen LogP contribution in [0.2, 0.25) is 0 Å². The van der Waals surface area contributed by atoms with Crippen molar-refractivity contribution in [2.75, 3.05) is 0 Å². The highest BCUT2D eigenvalue weighted by Crippen LogP contribution is 2.37. The number of rotatable bonds is 5. The summed E-state index contributed by atoms with van der Waals surface area (Å²) >= 11 is 0. The lowest BCUT2D eigenvalue weighted by Crippen LogP contribution is -2.17. The average molecular weight is 483 g/mol. The summed E-state index contributed by atoms with van der Waals surface area (Å²) in [7, 11) is 0. The van der Waals surface area contributed by atoms with Gasteiger partial charge in [-0.3, -0.25) is 4.79 Å². The van der Waals surface area contributed by atoms with Crippen LogP contribution in [0.1, 0.15) is 53.3 Å². The standard InChI is InChI=1S/C25H23N3O3.CHF3/c29-18-11-7-16(8-12-18)20-4-3-15-26-25(20)31-19-13-9-17(10-14-19)23(30)24-27-21-5-1-2-6-22(21)28-24;2-1(3)4/h1-6,9-10,13-16,18,29H,7-8,11-12H2,(H,27,28);1H. The molecule has 0 radical (unpaired) electrons. The number of nitrogens with zero attached hydrogens (tertiary/aromatic N) is 2. The molecule has 0 saturated heterocycles. The fraction of sp³-hybridized carbons (Fsp3) is 0.269. The number of carbonyl (C=O) groups excluding carboxylic acids is 1. The fourth-order valence-electron chi connectivity index (χ4n) is 4.17. The Balaban J connectivity index is 0.000000672. The largest absolute Gasteiger partial charge is 0.439 e. The van der Waals surface area contributed by atoms with Crippen LogP contribution in [0.4, 0.5) is 13.2 Å². The van der Waals surface area contributed by atoms with E-state index in [9.17, 15) is 23.1 Å². The van der Waals surface area contributed by atoms with E-state index < -0.39 is 6.68 Å². The third-order valence-electron chi connectivity index (χ3n) is 5.87. The Morgan fingerprint density at radius 1 is 0.971 bits per heavy atom. The summed E-state index contributed by atoms with van der Waals surface area (Å²) in [4.78, 5) is 24.7. The molecule has 2 aromatic heterocycles. The molecule has 2 N–H and O–H groups in total. The summed E-state index contributed by atoms with van der Waals surface area (Å²) in [5.41, 5.74) is 3.21. The normalized spacial score (nSPS) is 17.6. The molecule has 1 aliphatic carbocycles. The first-order valence-corrected chi connectivity index (χ1v) is 11.2. The smallest absolute Gasteiger partial charge is 0.379 e. The van der Waals surface area contributed by atoms with Crippen molar-refractivity contribution in [1.29, 1.82) is 0 Å². The number of fused-ring (bicyclic) bond motifs is 1. The number of H-pyrrole nitrogens is 1. The molecule has 2 aromatic carbocycles. The Labute approximate surface area is 199 Å². The van der Waals surface area contributed by atoms with Gasteiger partial charge in [-0.1, -0.05) is 18.2 Å². The highest BCUT2D eigenvalue weighted by molar-refractivity contribution is 6.08. The summed E-state index contributed by atoms with van der Waals surface area (Å²) in [5.74, 6) is 1.70. The summed E-state index contributed by atoms with van der Waals surface area (Å²) in [6.45, 7) is -3.67. The van der Waals surface area contributed by atoms with Crippen LogP contribution < -0.4 is 4.74 Å². The third-order valence-corrected chi connectivity index (χ3v) is 5.87. The molecule has 0 unspecified atom stereocenters. The van der Waals surface area contributed by atoms with Crippen LogP contribution >= 0.6 is 0 Å². The number of aliphatic hydroxyl groups excluding tert-OH is 1. The Kier molecular flexibility index (Phi) is 7.77. The van der Waals surface area contributed by atoms with Crippen molar-refractivity contribution in [3.8, 4) is 11.6 Å². The third kappa shape index (κ3) is 6.24. The van der Waals surface area contributed by atoms with Crippen molar-refractivity contribution in [2.24, 2.45) is 0 Å². The number of hydrogen-bond donors (Lipinski definition) is 2. The van der Waals surface area contributed by atoms with Crippen molar-refractivity contribution in [3.05, 3.63) is 83.8 Å². The van der Waals surface area contributed by atoms with E-state index in [0.717, 1.165) is 42.3 Å². The molecule has 1 fully saturated rings. The number of benzene rings is 2. The molecule has 9 heteroatoms. The van der Waals surface area contributed by atoms with Crippen LogP contribution in [0.3, 0.4) is 0 Å². The second-order valence-electron chi connectivity index (χ2n) is 8.21. The topological polar surface area (TPSA) is 88.1 Å². The van der Waals surface area contributed by atoms with E-state index in [4.69, 9.17) is 4.74 Å². The molecule has 5 rings (SSSR count). The Hall–Kier alpha value is -3.72. The number of alkyl halides is 3. The van der Waals surface area contributed by atoms with Gasteiger partial charge in [-0.2, -0.15) is 13.2 Å². The van der Waals surface area contributed by atoms with Gasteiger partial charge in [0.15, 0.2) is 5.82 Å². The predicted octanol–water partition coefficient (Wildman–Crippen LogP) is 6.18. The van der Waals surface area contributed by atoms with Crippen LogP contribution in [0.25, 0.3) is 11.0 Å². The highest BCUT2D eigenvalue weighted by Gasteiger charge is 2.24. The Morgan fingerprint density at radius 2 is 1.66 bits per heavy atom. The van der Waals surface area contributed by atoms with E-state index in [1.54, 1.807) is 30.5 Å². The van der Waals surface area contributed by atoms with Crippen LogP contribution in [-0.2, 0) is 0 Å². The first kappa shape index (κ1) is 24.4. The van der Waals surface area contributed by atoms with Crippen LogP contribution in [0.15, 0.2) is 66.9 Å². The second kappa shape index (κ2) is 11.1. The number of nitrogens with one attached hydrogen (secondary N) is 1. The molecule has 0 spiro atoms. The van der Waals surface area contributed by atoms with Gasteiger partial charge in [0.2, 0.25) is 11.7 Å². The van der Waals surface area contributed by atoms with Crippen molar-refractivity contribution in [1.82, 2.24) is 15.0 Å². The zero-order chi connectivity index (χ0) is 24.8. The molecule has 6 nitrogen and oxygen atoms in total. The molecule has 0 amide bonds. The molecule has 2 heterocycles. The Bertz CT molecular complexity index is 1230. The maximum Gasteiger partial charge on any atom is 0.379 e. The van der Waals surface area contributed by atoms with E-state index in [1.807, 2.05) is 36.4 Å². The zero-order valence-electron chi connectivity index (χ0n) is 18.7. The zero-order valence-corrected chi connectivity index (χ0v) is 18.7. The number of pyridine rings is 1. The van der Waals surface area contributed by atoms with E-state index >= 15 is 0 Å². The van der Waals surface area contributed by atoms with Crippen molar-refractivity contribution in [2.45, 2.75) is 44.4 Å². The quantitative estimate of drug-likeness (QED) is 0.331. The van der Waals surface area contributed by atoms with Gasteiger partial charge in [-0.15, -0.1) is 0 Å². The van der Waals surface area contributed by atoms with Crippen LogP contribution in [0, 0.1) is 0 Å². The number of carbonyl (C=O) groups is 1. The molecule has 35 heavy (non-hydrogen) atoms. The number of aromatic nitrogens is 3. The van der Waals surface area contributed by atoms with Gasteiger partial charge in [0, 0.05) is 17.3 Å². The van der Waals surface area contributed by atoms with Gasteiger partial charge in [-0.25, -0.2) is 9.97 Å². The highest BCUT2D eigenvalue weighted by atomic mass is 19.4. The maximum atomic E-state index is 12.8. The van der Waals surface area contributed by atoms with Crippen molar-refractivity contribution < 1.29 is 27.8 Å².